The van der Waals surface area contributed by atoms with Crippen LogP contribution >= 0.6 is 0 Å². The topological polar surface area (TPSA) is 51.2 Å². The van der Waals surface area contributed by atoms with Crippen molar-refractivity contribution < 1.29 is 13.2 Å². The van der Waals surface area contributed by atoms with E-state index in [-0.39, 0.29) is 10.7 Å². The van der Waals surface area contributed by atoms with E-state index in [4.69, 9.17) is 0 Å². The van der Waals surface area contributed by atoms with Gasteiger partial charge in [0.2, 0.25) is 0 Å². The lowest BCUT2D eigenvalue weighted by molar-refractivity contribution is 0.101. The summed E-state index contributed by atoms with van der Waals surface area (Å²) < 4.78 is 23.4. The Kier molecular flexibility index (Phi) is 3.24. The Bertz CT molecular complexity index is 507. The Balaban J connectivity index is 3.36. The number of sulfone groups is 1. The number of hydrogen-bond acceptors (Lipinski definition) is 3. The predicted molar refractivity (Wildman–Crippen MR) is 63.4 cm³/mol. The van der Waals surface area contributed by atoms with Crippen LogP contribution < -0.4 is 0 Å². The summed E-state index contributed by atoms with van der Waals surface area (Å²) in [5, 5.41) is 0. The molecule has 0 spiro atoms. The Morgan fingerprint density at radius 1 is 1.19 bits per heavy atom. The summed E-state index contributed by atoms with van der Waals surface area (Å²) in [4.78, 5) is 11.4. The SMILES string of the molecule is CC(=O)c1cccc(S(=O)(=O)C(C)(C)C)c1. The van der Waals surface area contributed by atoms with E-state index in [1.54, 1.807) is 32.9 Å². The molecule has 0 atom stereocenters. The lowest BCUT2D eigenvalue weighted by atomic mass is 10.2. The summed E-state index contributed by atoms with van der Waals surface area (Å²) in [7, 11) is -3.38. The minimum absolute atomic E-state index is 0.133. The Morgan fingerprint density at radius 2 is 1.75 bits per heavy atom. The smallest absolute Gasteiger partial charge is 0.183 e. The molecule has 0 saturated carbocycles. The molecule has 88 valence electrons. The van der Waals surface area contributed by atoms with Gasteiger partial charge in [-0.05, 0) is 39.8 Å². The van der Waals surface area contributed by atoms with Crippen molar-refractivity contribution in [2.24, 2.45) is 0 Å². The number of ketones is 1. The van der Waals surface area contributed by atoms with Gasteiger partial charge in [-0.25, -0.2) is 8.42 Å². The molecule has 3 nitrogen and oxygen atoms in total. The number of hydrogen-bond donors (Lipinski definition) is 0. The first-order valence-corrected chi connectivity index (χ1v) is 6.50. The van der Waals surface area contributed by atoms with Crippen LogP contribution in [-0.4, -0.2) is 18.9 Å². The zero-order valence-electron chi connectivity index (χ0n) is 9.94. The van der Waals surface area contributed by atoms with E-state index >= 15 is 0 Å². The maximum atomic E-state index is 12.1. The minimum Gasteiger partial charge on any atom is -0.295 e. The van der Waals surface area contributed by atoms with Crippen molar-refractivity contribution in [1.29, 1.82) is 0 Å². The van der Waals surface area contributed by atoms with E-state index in [0.717, 1.165) is 0 Å². The van der Waals surface area contributed by atoms with Gasteiger partial charge in [0.15, 0.2) is 15.6 Å². The van der Waals surface area contributed by atoms with E-state index in [1.807, 2.05) is 0 Å². The second kappa shape index (κ2) is 4.01. The summed E-state index contributed by atoms with van der Waals surface area (Å²) in [5.74, 6) is -0.133. The second-order valence-corrected chi connectivity index (χ2v) is 7.40. The Morgan fingerprint density at radius 3 is 2.19 bits per heavy atom. The van der Waals surface area contributed by atoms with Crippen LogP contribution in [0, 0.1) is 0 Å². The molecule has 1 rings (SSSR count). The molecule has 0 unspecified atom stereocenters. The highest BCUT2D eigenvalue weighted by molar-refractivity contribution is 7.92. The molecule has 0 saturated heterocycles. The lowest BCUT2D eigenvalue weighted by Gasteiger charge is -2.19. The van der Waals surface area contributed by atoms with Crippen LogP contribution in [0.2, 0.25) is 0 Å². The van der Waals surface area contributed by atoms with Gasteiger partial charge in [-0.1, -0.05) is 12.1 Å². The van der Waals surface area contributed by atoms with Crippen molar-refractivity contribution in [2.75, 3.05) is 0 Å². The molecule has 0 heterocycles. The quantitative estimate of drug-likeness (QED) is 0.746. The molecule has 0 radical (unpaired) electrons. The van der Waals surface area contributed by atoms with Crippen molar-refractivity contribution in [3.05, 3.63) is 29.8 Å². The molecular formula is C12H16O3S. The zero-order chi connectivity index (χ0) is 12.6. The van der Waals surface area contributed by atoms with E-state index in [9.17, 15) is 13.2 Å². The summed E-state index contributed by atoms with van der Waals surface area (Å²) in [6.07, 6.45) is 0. The minimum atomic E-state index is -3.38. The summed E-state index contributed by atoms with van der Waals surface area (Å²) in [5.41, 5.74) is 0.422. The van der Waals surface area contributed by atoms with Crippen molar-refractivity contribution >= 4 is 15.6 Å². The molecule has 1 aromatic rings. The van der Waals surface area contributed by atoms with E-state index in [2.05, 4.69) is 0 Å². The first-order valence-electron chi connectivity index (χ1n) is 5.02. The van der Waals surface area contributed by atoms with Crippen molar-refractivity contribution in [3.63, 3.8) is 0 Å². The van der Waals surface area contributed by atoms with Gasteiger partial charge in [-0.15, -0.1) is 0 Å². The van der Waals surface area contributed by atoms with Crippen LogP contribution in [0.5, 0.6) is 0 Å². The summed E-state index contributed by atoms with van der Waals surface area (Å²) in [6, 6.07) is 6.16. The van der Waals surface area contributed by atoms with Gasteiger partial charge in [-0.2, -0.15) is 0 Å². The first-order chi connectivity index (χ1) is 7.16. The van der Waals surface area contributed by atoms with Crippen LogP contribution in [0.1, 0.15) is 38.1 Å². The molecular weight excluding hydrogens is 224 g/mol. The Labute approximate surface area is 96.4 Å². The highest BCUT2D eigenvalue weighted by Gasteiger charge is 2.30. The molecule has 0 N–H and O–H groups in total. The van der Waals surface area contributed by atoms with Crippen LogP contribution in [0.15, 0.2) is 29.2 Å². The van der Waals surface area contributed by atoms with Gasteiger partial charge in [-0.3, -0.25) is 4.79 Å². The third-order valence-corrected chi connectivity index (χ3v) is 4.84. The van der Waals surface area contributed by atoms with Crippen LogP contribution in [0.25, 0.3) is 0 Å². The maximum absolute atomic E-state index is 12.1. The number of rotatable bonds is 2. The van der Waals surface area contributed by atoms with Gasteiger partial charge in [0.1, 0.15) is 0 Å². The average Bonchev–Trinajstić information content (AvgIpc) is 2.16. The fourth-order valence-electron chi connectivity index (χ4n) is 1.24. The standard InChI is InChI=1S/C12H16O3S/c1-9(13)10-6-5-7-11(8-10)16(14,15)12(2,3)4/h5-8H,1-4H3. The molecule has 0 fully saturated rings. The number of carbonyl (C=O) groups excluding carboxylic acids is 1. The van der Waals surface area contributed by atoms with Gasteiger partial charge < -0.3 is 0 Å². The van der Waals surface area contributed by atoms with Gasteiger partial charge in [0.05, 0.1) is 9.64 Å². The highest BCUT2D eigenvalue weighted by Crippen LogP contribution is 2.25. The van der Waals surface area contributed by atoms with Crippen molar-refractivity contribution in [2.45, 2.75) is 37.3 Å². The molecule has 0 aliphatic rings. The summed E-state index contributed by atoms with van der Waals surface area (Å²) in [6.45, 7) is 6.34. The third-order valence-electron chi connectivity index (χ3n) is 2.36. The maximum Gasteiger partial charge on any atom is 0.183 e. The van der Waals surface area contributed by atoms with Crippen LogP contribution in [-0.2, 0) is 9.84 Å². The van der Waals surface area contributed by atoms with E-state index < -0.39 is 14.6 Å². The summed E-state index contributed by atoms with van der Waals surface area (Å²) >= 11 is 0. The fourth-order valence-corrected chi connectivity index (χ4v) is 2.48. The molecule has 16 heavy (non-hydrogen) atoms. The first kappa shape index (κ1) is 12.9. The fraction of sp³-hybridized carbons (Fsp3) is 0.417. The van der Waals surface area contributed by atoms with Crippen molar-refractivity contribution in [3.8, 4) is 0 Å². The molecule has 0 amide bonds. The number of carbonyl (C=O) groups is 1. The molecule has 1 aromatic carbocycles. The predicted octanol–water partition coefficient (Wildman–Crippen LogP) is 2.46. The second-order valence-electron chi connectivity index (χ2n) is 4.70. The van der Waals surface area contributed by atoms with Crippen molar-refractivity contribution in [1.82, 2.24) is 0 Å². The number of benzene rings is 1. The van der Waals surface area contributed by atoms with Crippen LogP contribution in [0.3, 0.4) is 0 Å². The van der Waals surface area contributed by atoms with Gasteiger partial charge in [0, 0.05) is 5.56 Å². The van der Waals surface area contributed by atoms with Crippen LogP contribution in [0.4, 0.5) is 0 Å². The molecule has 0 bridgehead atoms. The lowest BCUT2D eigenvalue weighted by Crippen LogP contribution is -2.28. The van der Waals surface area contributed by atoms with Gasteiger partial charge >= 0.3 is 0 Å². The largest absolute Gasteiger partial charge is 0.295 e. The van der Waals surface area contributed by atoms with E-state index in [1.165, 1.54) is 19.1 Å². The highest BCUT2D eigenvalue weighted by atomic mass is 32.2. The molecule has 0 aliphatic carbocycles. The third kappa shape index (κ3) is 2.32. The van der Waals surface area contributed by atoms with Gasteiger partial charge in [0.25, 0.3) is 0 Å². The average molecular weight is 240 g/mol. The Hall–Kier alpha value is -1.16. The van der Waals surface area contributed by atoms with E-state index in [0.29, 0.717) is 5.56 Å². The zero-order valence-corrected chi connectivity index (χ0v) is 10.8. The molecule has 0 aromatic heterocycles. The molecule has 0 aliphatic heterocycles. The monoisotopic (exact) mass is 240 g/mol. The molecule has 4 heteroatoms. The number of Topliss-reactive ketones (excluding diaryl/α,β-unsaturated/α-hetero) is 1. The normalized spacial score (nSPS) is 12.5.